The molecule has 0 saturated carbocycles. The summed E-state index contributed by atoms with van der Waals surface area (Å²) in [6.45, 7) is -0.163. The molecule has 2 unspecified atom stereocenters. The molecule has 0 aliphatic rings. The van der Waals surface area contributed by atoms with Gasteiger partial charge in [0.2, 0.25) is 0 Å². The summed E-state index contributed by atoms with van der Waals surface area (Å²) in [6.07, 6.45) is -1.55. The lowest BCUT2D eigenvalue weighted by Gasteiger charge is -2.14. The zero-order valence-electron chi connectivity index (χ0n) is 15.7. The molecular weight excluding hydrogens is 418 g/mol. The maximum atomic E-state index is 11.7. The van der Waals surface area contributed by atoms with Crippen molar-refractivity contribution in [1.82, 2.24) is 0 Å². The first-order chi connectivity index (χ1) is 14.1. The Bertz CT molecular complexity index is 801. The monoisotopic (exact) mass is 437 g/mol. The standard InChI is InChI=1S/C14H19N3O13/c1-8-11(29-14(20)28-8)7-26-13(19)10(15)6-25-12(18)4-2-3-9(30-17(23)24)5-27-16(21)22/h9-10H,2-7,15H2,1H3. The quantitative estimate of drug-likeness (QED) is 0.218. The summed E-state index contributed by atoms with van der Waals surface area (Å²) in [5.74, 6) is -2.51. The van der Waals surface area contributed by atoms with Crippen molar-refractivity contribution < 1.29 is 47.7 Å². The van der Waals surface area contributed by atoms with Gasteiger partial charge >= 0.3 is 17.8 Å². The second kappa shape index (κ2) is 12.0. The van der Waals surface area contributed by atoms with E-state index in [2.05, 4.69) is 18.5 Å². The highest BCUT2D eigenvalue weighted by molar-refractivity contribution is 5.76. The van der Waals surface area contributed by atoms with Gasteiger partial charge in [-0.05, 0) is 19.8 Å². The number of hydrogen-bond acceptors (Lipinski definition) is 14. The van der Waals surface area contributed by atoms with E-state index >= 15 is 0 Å². The molecule has 0 radical (unpaired) electrons. The van der Waals surface area contributed by atoms with E-state index in [1.807, 2.05) is 0 Å². The Labute approximate surface area is 167 Å². The van der Waals surface area contributed by atoms with E-state index in [1.54, 1.807) is 0 Å². The lowest BCUT2D eigenvalue weighted by atomic mass is 10.1. The van der Waals surface area contributed by atoms with E-state index in [4.69, 9.17) is 15.2 Å². The molecule has 0 spiro atoms. The predicted octanol–water partition coefficient (Wildman–Crippen LogP) is -0.590. The van der Waals surface area contributed by atoms with E-state index in [0.717, 1.165) is 0 Å². The van der Waals surface area contributed by atoms with Gasteiger partial charge in [-0.2, -0.15) is 0 Å². The van der Waals surface area contributed by atoms with Crippen molar-refractivity contribution >= 4 is 11.9 Å². The topological polar surface area (TPSA) is 227 Å². The van der Waals surface area contributed by atoms with Crippen LogP contribution in [-0.2, 0) is 35.3 Å². The van der Waals surface area contributed by atoms with Gasteiger partial charge in [0.05, 0.1) is 0 Å². The Kier molecular flexibility index (Phi) is 9.74. The number of nitrogens with zero attached hydrogens (tertiary/aromatic N) is 2. The molecule has 2 atom stereocenters. The average Bonchev–Trinajstić information content (AvgIpc) is 2.98. The van der Waals surface area contributed by atoms with Crippen molar-refractivity contribution in [3.05, 3.63) is 42.4 Å². The fourth-order valence-electron chi connectivity index (χ4n) is 1.98. The molecule has 0 saturated heterocycles. The fourth-order valence-corrected chi connectivity index (χ4v) is 1.98. The molecule has 2 N–H and O–H groups in total. The zero-order valence-corrected chi connectivity index (χ0v) is 15.7. The second-order valence-electron chi connectivity index (χ2n) is 5.69. The molecular formula is C14H19N3O13. The van der Waals surface area contributed by atoms with Crippen molar-refractivity contribution in [3.63, 3.8) is 0 Å². The van der Waals surface area contributed by atoms with Gasteiger partial charge in [-0.25, -0.2) is 4.79 Å². The smallest absolute Gasteiger partial charge is 0.463 e. The van der Waals surface area contributed by atoms with Crippen LogP contribution in [-0.4, -0.2) is 47.5 Å². The van der Waals surface area contributed by atoms with Crippen LogP contribution in [0.2, 0.25) is 0 Å². The second-order valence-corrected chi connectivity index (χ2v) is 5.69. The molecule has 0 aromatic carbocycles. The molecule has 168 valence electrons. The number of carbonyl (C=O) groups is 2. The normalized spacial score (nSPS) is 12.5. The molecule has 1 aromatic heterocycles. The lowest BCUT2D eigenvalue weighted by molar-refractivity contribution is -0.790. The highest BCUT2D eigenvalue weighted by atomic mass is 17.0. The molecule has 0 aliphatic heterocycles. The van der Waals surface area contributed by atoms with Crippen molar-refractivity contribution in [2.24, 2.45) is 5.73 Å². The van der Waals surface area contributed by atoms with Gasteiger partial charge in [0.25, 0.3) is 10.2 Å². The lowest BCUT2D eigenvalue weighted by Crippen LogP contribution is -2.37. The summed E-state index contributed by atoms with van der Waals surface area (Å²) in [7, 11) is 0. The van der Waals surface area contributed by atoms with Crippen LogP contribution in [0.15, 0.2) is 13.6 Å². The van der Waals surface area contributed by atoms with Crippen LogP contribution < -0.4 is 11.6 Å². The number of nitrogens with two attached hydrogens (primary N) is 1. The van der Waals surface area contributed by atoms with Gasteiger partial charge in [-0.1, -0.05) is 0 Å². The molecule has 30 heavy (non-hydrogen) atoms. The predicted molar refractivity (Wildman–Crippen MR) is 89.4 cm³/mol. The maximum Gasteiger partial charge on any atom is 0.519 e. The van der Waals surface area contributed by atoms with Crippen molar-refractivity contribution in [1.29, 1.82) is 0 Å². The van der Waals surface area contributed by atoms with Crippen LogP contribution in [0.3, 0.4) is 0 Å². The summed E-state index contributed by atoms with van der Waals surface area (Å²) in [5, 5.41) is 18.2. The first-order valence-electron chi connectivity index (χ1n) is 8.34. The third kappa shape index (κ3) is 9.49. The third-order valence-electron chi connectivity index (χ3n) is 3.42. The van der Waals surface area contributed by atoms with Crippen LogP contribution in [0.4, 0.5) is 0 Å². The molecule has 1 aromatic rings. The SMILES string of the molecule is Cc1oc(=O)oc1COC(=O)C(N)COC(=O)CCCC(CO[N+](=O)[O-])O[N+](=O)[O-]. The summed E-state index contributed by atoms with van der Waals surface area (Å²) in [5.41, 5.74) is 5.53. The van der Waals surface area contributed by atoms with Crippen molar-refractivity contribution in [3.8, 4) is 0 Å². The minimum Gasteiger partial charge on any atom is -0.463 e. The van der Waals surface area contributed by atoms with Gasteiger partial charge in [0.1, 0.15) is 25.4 Å². The summed E-state index contributed by atoms with van der Waals surface area (Å²) in [6, 6.07) is -1.31. The van der Waals surface area contributed by atoms with Crippen molar-refractivity contribution in [2.45, 2.75) is 44.9 Å². The molecule has 1 heterocycles. The van der Waals surface area contributed by atoms with Crippen LogP contribution in [0, 0.1) is 27.2 Å². The first-order valence-corrected chi connectivity index (χ1v) is 8.34. The molecule has 0 aliphatic carbocycles. The van der Waals surface area contributed by atoms with E-state index in [0.29, 0.717) is 0 Å². The van der Waals surface area contributed by atoms with Gasteiger partial charge in [-0.3, -0.25) is 9.59 Å². The third-order valence-corrected chi connectivity index (χ3v) is 3.42. The first kappa shape index (κ1) is 24.3. The number of hydrogen-bond donors (Lipinski definition) is 1. The van der Waals surface area contributed by atoms with Crippen molar-refractivity contribution in [2.75, 3.05) is 13.2 Å². The van der Waals surface area contributed by atoms with Gasteiger partial charge in [-0.15, -0.1) is 20.2 Å². The molecule has 0 amide bonds. The van der Waals surface area contributed by atoms with E-state index < -0.39 is 59.9 Å². The number of rotatable bonds is 14. The van der Waals surface area contributed by atoms with Crippen LogP contribution in [0.25, 0.3) is 0 Å². The molecule has 16 nitrogen and oxygen atoms in total. The number of aryl methyl sites for hydroxylation is 1. The van der Waals surface area contributed by atoms with E-state index in [-0.39, 0.29) is 30.8 Å². The van der Waals surface area contributed by atoms with Crippen LogP contribution >= 0.6 is 0 Å². The maximum absolute atomic E-state index is 11.7. The van der Waals surface area contributed by atoms with Gasteiger partial charge in [0.15, 0.2) is 18.1 Å². The number of carbonyl (C=O) groups excluding carboxylic acids is 2. The number of ether oxygens (including phenoxy) is 2. The fraction of sp³-hybridized carbons (Fsp3) is 0.643. The largest absolute Gasteiger partial charge is 0.519 e. The minimum absolute atomic E-state index is 0.00472. The highest BCUT2D eigenvalue weighted by Crippen LogP contribution is 2.09. The summed E-state index contributed by atoms with van der Waals surface area (Å²) in [4.78, 5) is 63.0. The Morgan fingerprint density at radius 1 is 1.13 bits per heavy atom. The average molecular weight is 437 g/mol. The van der Waals surface area contributed by atoms with Crippen LogP contribution in [0.1, 0.15) is 30.8 Å². The Hall–Kier alpha value is -3.69. The molecule has 0 fully saturated rings. The Morgan fingerprint density at radius 3 is 2.40 bits per heavy atom. The Morgan fingerprint density at radius 2 is 1.83 bits per heavy atom. The zero-order chi connectivity index (χ0) is 22.7. The minimum atomic E-state index is -1.31. The Balaban J connectivity index is 2.30. The van der Waals surface area contributed by atoms with Crippen LogP contribution in [0.5, 0.6) is 0 Å². The van der Waals surface area contributed by atoms with E-state index in [9.17, 15) is 34.6 Å². The molecule has 1 rings (SSSR count). The molecule has 0 bridgehead atoms. The summed E-state index contributed by atoms with van der Waals surface area (Å²) >= 11 is 0. The van der Waals surface area contributed by atoms with Gasteiger partial charge < -0.3 is 33.7 Å². The molecule has 16 heteroatoms. The summed E-state index contributed by atoms with van der Waals surface area (Å²) < 4.78 is 18.8. The highest BCUT2D eigenvalue weighted by Gasteiger charge is 2.20. The number of esters is 2. The van der Waals surface area contributed by atoms with Gasteiger partial charge in [0, 0.05) is 6.42 Å². The van der Waals surface area contributed by atoms with E-state index in [1.165, 1.54) is 6.92 Å².